The molecule has 0 aliphatic carbocycles. The van der Waals surface area contributed by atoms with Gasteiger partial charge in [0, 0.05) is 44.2 Å². The molecule has 1 amide bonds. The highest BCUT2D eigenvalue weighted by Crippen LogP contribution is 2.34. The van der Waals surface area contributed by atoms with Crippen LogP contribution in [0.2, 0.25) is 0 Å². The summed E-state index contributed by atoms with van der Waals surface area (Å²) in [5.41, 5.74) is 1.05. The molecule has 0 N–H and O–H groups in total. The Morgan fingerprint density at radius 3 is 2.53 bits per heavy atom. The van der Waals surface area contributed by atoms with E-state index in [4.69, 9.17) is 9.72 Å². The third-order valence-corrected chi connectivity index (χ3v) is 10.6. The molecule has 11 heteroatoms. The van der Waals surface area contributed by atoms with Crippen LogP contribution in [0.4, 0.5) is 5.13 Å². The van der Waals surface area contributed by atoms with Gasteiger partial charge in [-0.3, -0.25) is 4.79 Å². The molecule has 192 valence electrons. The summed E-state index contributed by atoms with van der Waals surface area (Å²) < 4.78 is 34.2. The van der Waals surface area contributed by atoms with Crippen molar-refractivity contribution < 1.29 is 17.9 Å². The van der Waals surface area contributed by atoms with Crippen molar-refractivity contribution in [1.29, 1.82) is 0 Å². The number of aromatic nitrogens is 1. The first-order valence-corrected chi connectivity index (χ1v) is 15.5. The summed E-state index contributed by atoms with van der Waals surface area (Å²) in [6.45, 7) is 3.34. The van der Waals surface area contributed by atoms with E-state index in [-0.39, 0.29) is 23.3 Å². The molecule has 2 fully saturated rings. The van der Waals surface area contributed by atoms with Crippen LogP contribution in [0.1, 0.15) is 12.8 Å². The standard InChI is InChI=1S/C25H30N4O4S3/c1-33-19-8-10-20(11-9-19)36(31,32)29-12-4-5-18(17-29)24(30)27-13-15-28(16-14-27)25-26-23-21(34-2)6-3-7-22(23)35-25/h3,6-11,18H,4-5,12-17H2,1-2H3. The summed E-state index contributed by atoms with van der Waals surface area (Å²) >= 11 is 3.39. The first-order valence-electron chi connectivity index (χ1n) is 12.0. The van der Waals surface area contributed by atoms with Gasteiger partial charge in [0.2, 0.25) is 15.9 Å². The third kappa shape index (κ3) is 4.93. The van der Waals surface area contributed by atoms with E-state index >= 15 is 0 Å². The van der Waals surface area contributed by atoms with Gasteiger partial charge in [-0.05, 0) is 55.5 Å². The molecule has 3 heterocycles. The van der Waals surface area contributed by atoms with Crippen LogP contribution in [0.5, 0.6) is 5.75 Å². The van der Waals surface area contributed by atoms with Gasteiger partial charge < -0.3 is 14.5 Å². The molecule has 3 aromatic rings. The van der Waals surface area contributed by atoms with Crippen molar-refractivity contribution in [2.45, 2.75) is 22.6 Å². The SMILES string of the molecule is COc1ccc(S(=O)(=O)N2CCCC(C(=O)N3CCN(c4nc5c(SC)cccc5s4)CC3)C2)cc1. The van der Waals surface area contributed by atoms with E-state index in [1.807, 2.05) is 4.90 Å². The van der Waals surface area contributed by atoms with E-state index in [9.17, 15) is 13.2 Å². The molecule has 1 unspecified atom stereocenters. The number of thiazole rings is 1. The average Bonchev–Trinajstić information content (AvgIpc) is 3.37. The van der Waals surface area contributed by atoms with Gasteiger partial charge in [0.05, 0.1) is 28.1 Å². The van der Waals surface area contributed by atoms with Crippen LogP contribution in [0, 0.1) is 5.92 Å². The number of para-hydroxylation sites is 1. The summed E-state index contributed by atoms with van der Waals surface area (Å²) in [5, 5.41) is 0.994. The van der Waals surface area contributed by atoms with Crippen LogP contribution in [0.15, 0.2) is 52.3 Å². The van der Waals surface area contributed by atoms with Gasteiger partial charge in [0.25, 0.3) is 0 Å². The summed E-state index contributed by atoms with van der Waals surface area (Å²) in [5.74, 6) is 0.346. The molecule has 0 spiro atoms. The molecule has 8 nitrogen and oxygen atoms in total. The highest BCUT2D eigenvalue weighted by Gasteiger charge is 2.36. The number of thioether (sulfide) groups is 1. The van der Waals surface area contributed by atoms with Crippen molar-refractivity contribution >= 4 is 54.4 Å². The quantitative estimate of drug-likeness (QED) is 0.435. The van der Waals surface area contributed by atoms with Gasteiger partial charge >= 0.3 is 0 Å². The number of fused-ring (bicyclic) bond motifs is 1. The number of amides is 1. The van der Waals surface area contributed by atoms with Gasteiger partial charge in [-0.1, -0.05) is 17.4 Å². The first kappa shape index (κ1) is 25.3. The predicted octanol–water partition coefficient (Wildman–Crippen LogP) is 3.78. The van der Waals surface area contributed by atoms with E-state index in [0.29, 0.717) is 38.2 Å². The highest BCUT2D eigenvalue weighted by molar-refractivity contribution is 7.98. The minimum atomic E-state index is -3.66. The molecular formula is C25H30N4O4S3. The molecule has 1 atom stereocenters. The number of benzene rings is 2. The fourth-order valence-corrected chi connectivity index (χ4v) is 8.04. The van der Waals surface area contributed by atoms with E-state index in [2.05, 4.69) is 29.4 Å². The number of sulfonamides is 1. The lowest BCUT2D eigenvalue weighted by Gasteiger charge is -2.38. The molecule has 2 saturated heterocycles. The smallest absolute Gasteiger partial charge is 0.243 e. The monoisotopic (exact) mass is 546 g/mol. The molecular weight excluding hydrogens is 517 g/mol. The van der Waals surface area contributed by atoms with Crippen molar-refractivity contribution in [3.05, 3.63) is 42.5 Å². The van der Waals surface area contributed by atoms with Gasteiger partial charge in [0.15, 0.2) is 5.13 Å². The van der Waals surface area contributed by atoms with Crippen molar-refractivity contribution in [3.63, 3.8) is 0 Å². The molecule has 1 aromatic heterocycles. The normalized spacial score (nSPS) is 19.6. The number of carbonyl (C=O) groups excluding carboxylic acids is 1. The second-order valence-corrected chi connectivity index (χ2v) is 12.8. The Bertz CT molecular complexity index is 1340. The fraction of sp³-hybridized carbons (Fsp3) is 0.440. The molecule has 0 bridgehead atoms. The van der Waals surface area contributed by atoms with Crippen LogP contribution < -0.4 is 9.64 Å². The number of hydrogen-bond donors (Lipinski definition) is 0. The number of anilines is 1. The zero-order valence-electron chi connectivity index (χ0n) is 20.4. The Kier molecular flexibility index (Phi) is 7.43. The van der Waals surface area contributed by atoms with Gasteiger partial charge in [0.1, 0.15) is 5.75 Å². The zero-order valence-corrected chi connectivity index (χ0v) is 22.9. The molecule has 5 rings (SSSR count). The molecule has 0 radical (unpaired) electrons. The maximum absolute atomic E-state index is 13.4. The number of rotatable bonds is 6. The minimum Gasteiger partial charge on any atom is -0.497 e. The van der Waals surface area contributed by atoms with Crippen molar-refractivity contribution in [2.75, 3.05) is 57.5 Å². The second kappa shape index (κ2) is 10.6. The topological polar surface area (TPSA) is 83.0 Å². The van der Waals surface area contributed by atoms with Crippen molar-refractivity contribution in [1.82, 2.24) is 14.2 Å². The Morgan fingerprint density at radius 2 is 1.83 bits per heavy atom. The summed E-state index contributed by atoms with van der Waals surface area (Å²) in [7, 11) is -2.11. The Labute approximate surface area is 220 Å². The average molecular weight is 547 g/mol. The lowest BCUT2D eigenvalue weighted by Crippen LogP contribution is -2.53. The summed E-state index contributed by atoms with van der Waals surface area (Å²) in [4.78, 5) is 23.8. The van der Waals surface area contributed by atoms with Crippen LogP contribution in [-0.4, -0.2) is 81.1 Å². The molecule has 0 saturated carbocycles. The number of hydrogen-bond acceptors (Lipinski definition) is 8. The lowest BCUT2D eigenvalue weighted by atomic mass is 9.98. The van der Waals surface area contributed by atoms with Crippen LogP contribution in [-0.2, 0) is 14.8 Å². The number of nitrogens with zero attached hydrogens (tertiary/aromatic N) is 4. The summed E-state index contributed by atoms with van der Waals surface area (Å²) in [6, 6.07) is 12.7. The predicted molar refractivity (Wildman–Crippen MR) is 145 cm³/mol. The number of ether oxygens (including phenoxy) is 1. The van der Waals surface area contributed by atoms with Gasteiger partial charge in [-0.15, -0.1) is 11.8 Å². The lowest BCUT2D eigenvalue weighted by molar-refractivity contribution is -0.137. The molecule has 36 heavy (non-hydrogen) atoms. The van der Waals surface area contributed by atoms with Crippen LogP contribution >= 0.6 is 23.1 Å². The van der Waals surface area contributed by atoms with Crippen molar-refractivity contribution in [3.8, 4) is 5.75 Å². The maximum atomic E-state index is 13.4. The van der Waals surface area contributed by atoms with E-state index in [1.54, 1.807) is 54.5 Å². The van der Waals surface area contributed by atoms with Crippen LogP contribution in [0.3, 0.4) is 0 Å². The fourth-order valence-electron chi connectivity index (χ4n) is 4.85. The van der Waals surface area contributed by atoms with E-state index in [0.717, 1.165) is 23.7 Å². The number of piperazine rings is 1. The second-order valence-electron chi connectivity index (χ2n) is 8.99. The van der Waals surface area contributed by atoms with Gasteiger partial charge in [-0.2, -0.15) is 4.31 Å². The molecule has 2 aliphatic heterocycles. The van der Waals surface area contributed by atoms with E-state index < -0.39 is 10.0 Å². The van der Waals surface area contributed by atoms with Gasteiger partial charge in [-0.25, -0.2) is 13.4 Å². The third-order valence-electron chi connectivity index (χ3n) is 6.88. The minimum absolute atomic E-state index is 0.0539. The maximum Gasteiger partial charge on any atom is 0.243 e. The Morgan fingerprint density at radius 1 is 1.08 bits per heavy atom. The number of methoxy groups -OCH3 is 1. The Hall–Kier alpha value is -2.34. The largest absolute Gasteiger partial charge is 0.497 e. The molecule has 2 aliphatic rings. The van der Waals surface area contributed by atoms with Crippen molar-refractivity contribution in [2.24, 2.45) is 5.92 Å². The van der Waals surface area contributed by atoms with E-state index in [1.165, 1.54) is 13.9 Å². The molecule has 2 aromatic carbocycles. The zero-order chi connectivity index (χ0) is 25.3. The highest BCUT2D eigenvalue weighted by atomic mass is 32.2. The number of carbonyl (C=O) groups is 1. The number of piperidine rings is 1. The van der Waals surface area contributed by atoms with Crippen LogP contribution in [0.25, 0.3) is 10.2 Å². The Balaban J connectivity index is 1.22. The summed E-state index contributed by atoms with van der Waals surface area (Å²) in [6.07, 6.45) is 3.45. The first-order chi connectivity index (χ1) is 17.4.